The monoisotopic (exact) mass is 262 g/mol. The first-order chi connectivity index (χ1) is 8.89. The van der Waals surface area contributed by atoms with Crippen molar-refractivity contribution >= 4 is 5.69 Å². The van der Waals surface area contributed by atoms with Crippen LogP contribution in [0.25, 0.3) is 0 Å². The number of ether oxygens (including phenoxy) is 1. The number of para-hydroxylation sites is 2. The number of nitrogens with one attached hydrogen (secondary N) is 1. The maximum absolute atomic E-state index is 5.95. The van der Waals surface area contributed by atoms with Gasteiger partial charge < -0.3 is 15.0 Å². The molecule has 3 heteroatoms. The Labute approximate surface area is 116 Å². The largest absolute Gasteiger partial charge is 0.489 e. The molecule has 0 bridgehead atoms. The molecule has 2 rings (SSSR count). The van der Waals surface area contributed by atoms with Crippen molar-refractivity contribution in [1.82, 2.24) is 5.32 Å². The lowest BCUT2D eigenvalue weighted by Crippen LogP contribution is -2.61. The number of nitrogens with zero attached hydrogens (tertiary/aromatic N) is 1. The third kappa shape index (κ3) is 3.41. The Morgan fingerprint density at radius 1 is 1.32 bits per heavy atom. The minimum absolute atomic E-state index is 0.136. The van der Waals surface area contributed by atoms with Gasteiger partial charge in [0.05, 0.1) is 11.8 Å². The lowest BCUT2D eigenvalue weighted by atomic mass is 9.98. The van der Waals surface area contributed by atoms with Crippen molar-refractivity contribution in [2.24, 2.45) is 0 Å². The summed E-state index contributed by atoms with van der Waals surface area (Å²) in [7, 11) is 0. The number of piperazine rings is 1. The van der Waals surface area contributed by atoms with Crippen molar-refractivity contribution in [2.75, 3.05) is 18.0 Å². The molecule has 1 aromatic carbocycles. The molecular formula is C16H26N2O. The molecule has 0 aliphatic carbocycles. The van der Waals surface area contributed by atoms with Gasteiger partial charge in [0.2, 0.25) is 0 Å². The topological polar surface area (TPSA) is 24.5 Å². The van der Waals surface area contributed by atoms with Gasteiger partial charge >= 0.3 is 0 Å². The van der Waals surface area contributed by atoms with Gasteiger partial charge in [-0.3, -0.25) is 0 Å². The van der Waals surface area contributed by atoms with Crippen LogP contribution >= 0.6 is 0 Å². The van der Waals surface area contributed by atoms with Gasteiger partial charge in [-0.15, -0.1) is 0 Å². The molecule has 1 aromatic rings. The molecule has 1 aliphatic heterocycles. The molecule has 1 saturated heterocycles. The second-order valence-electron chi connectivity index (χ2n) is 6.38. The van der Waals surface area contributed by atoms with Crippen molar-refractivity contribution in [3.05, 3.63) is 24.3 Å². The summed E-state index contributed by atoms with van der Waals surface area (Å²) < 4.78 is 5.95. The van der Waals surface area contributed by atoms with Crippen LogP contribution in [0, 0.1) is 0 Å². The van der Waals surface area contributed by atoms with E-state index in [1.165, 1.54) is 5.69 Å². The molecule has 3 nitrogen and oxygen atoms in total. The Hall–Kier alpha value is -1.22. The first kappa shape index (κ1) is 14.2. The molecule has 0 amide bonds. The molecule has 19 heavy (non-hydrogen) atoms. The average Bonchev–Trinajstić information content (AvgIpc) is 2.32. The van der Waals surface area contributed by atoms with Crippen LogP contribution < -0.4 is 15.0 Å². The maximum atomic E-state index is 5.95. The highest BCUT2D eigenvalue weighted by atomic mass is 16.5. The van der Waals surface area contributed by atoms with E-state index in [1.807, 2.05) is 6.07 Å². The molecule has 1 unspecified atom stereocenters. The molecule has 106 valence electrons. The number of hydrogen-bond acceptors (Lipinski definition) is 3. The predicted molar refractivity (Wildman–Crippen MR) is 81.1 cm³/mol. The summed E-state index contributed by atoms with van der Waals surface area (Å²) in [5, 5.41) is 3.59. The summed E-state index contributed by atoms with van der Waals surface area (Å²) in [6.45, 7) is 12.9. The number of benzene rings is 1. The standard InChI is InChI=1S/C16H26N2O/c1-12(2)19-15-9-7-6-8-14(15)18-11-16(4,5)17-10-13(18)3/h6-9,12-13,17H,10-11H2,1-5H3. The van der Waals surface area contributed by atoms with E-state index in [9.17, 15) is 0 Å². The van der Waals surface area contributed by atoms with Crippen LogP contribution in [0.1, 0.15) is 34.6 Å². The summed E-state index contributed by atoms with van der Waals surface area (Å²) in [6, 6.07) is 8.83. The molecule has 0 saturated carbocycles. The molecule has 1 fully saturated rings. The van der Waals surface area contributed by atoms with Gasteiger partial charge in [0, 0.05) is 24.7 Å². The van der Waals surface area contributed by atoms with E-state index in [4.69, 9.17) is 4.74 Å². The molecule has 0 radical (unpaired) electrons. The molecule has 1 N–H and O–H groups in total. The van der Waals surface area contributed by atoms with Crippen molar-refractivity contribution in [1.29, 1.82) is 0 Å². The van der Waals surface area contributed by atoms with Gasteiger partial charge in [0.1, 0.15) is 5.75 Å². The van der Waals surface area contributed by atoms with E-state index >= 15 is 0 Å². The van der Waals surface area contributed by atoms with Crippen LogP contribution in [-0.4, -0.2) is 30.8 Å². The van der Waals surface area contributed by atoms with Gasteiger partial charge in [-0.1, -0.05) is 12.1 Å². The maximum Gasteiger partial charge on any atom is 0.142 e. The highest BCUT2D eigenvalue weighted by molar-refractivity contribution is 5.59. The van der Waals surface area contributed by atoms with Crippen molar-refractivity contribution in [3.63, 3.8) is 0 Å². The van der Waals surface area contributed by atoms with Crippen LogP contribution in [0.5, 0.6) is 5.75 Å². The number of rotatable bonds is 3. The fourth-order valence-electron chi connectivity index (χ4n) is 2.54. The fourth-order valence-corrected chi connectivity index (χ4v) is 2.54. The van der Waals surface area contributed by atoms with Gasteiger partial charge in [-0.2, -0.15) is 0 Å². The first-order valence-electron chi connectivity index (χ1n) is 7.16. The number of anilines is 1. The van der Waals surface area contributed by atoms with E-state index < -0.39 is 0 Å². The average molecular weight is 262 g/mol. The zero-order valence-electron chi connectivity index (χ0n) is 12.7. The summed E-state index contributed by atoms with van der Waals surface area (Å²) in [5.74, 6) is 0.988. The second-order valence-corrected chi connectivity index (χ2v) is 6.38. The van der Waals surface area contributed by atoms with E-state index in [0.717, 1.165) is 18.8 Å². The Balaban J connectivity index is 2.29. The van der Waals surface area contributed by atoms with Crippen molar-refractivity contribution < 1.29 is 4.74 Å². The SMILES string of the molecule is CC(C)Oc1ccccc1N1CC(C)(C)NCC1C. The van der Waals surface area contributed by atoms with Crippen LogP contribution in [0.3, 0.4) is 0 Å². The Morgan fingerprint density at radius 2 is 2.00 bits per heavy atom. The van der Waals surface area contributed by atoms with E-state index in [1.54, 1.807) is 0 Å². The van der Waals surface area contributed by atoms with Crippen molar-refractivity contribution in [2.45, 2.75) is 52.3 Å². The lowest BCUT2D eigenvalue weighted by molar-refractivity contribution is 0.240. The van der Waals surface area contributed by atoms with Gasteiger partial charge in [0.25, 0.3) is 0 Å². The fraction of sp³-hybridized carbons (Fsp3) is 0.625. The van der Waals surface area contributed by atoms with Gasteiger partial charge in [-0.25, -0.2) is 0 Å². The molecule has 0 aromatic heterocycles. The summed E-state index contributed by atoms with van der Waals surface area (Å²) >= 11 is 0. The zero-order chi connectivity index (χ0) is 14.0. The summed E-state index contributed by atoms with van der Waals surface area (Å²) in [4.78, 5) is 2.45. The van der Waals surface area contributed by atoms with Gasteiger partial charge in [0.15, 0.2) is 0 Å². The minimum Gasteiger partial charge on any atom is -0.489 e. The molecule has 0 spiro atoms. The van der Waals surface area contributed by atoms with Crippen LogP contribution in [0.15, 0.2) is 24.3 Å². The van der Waals surface area contributed by atoms with E-state index in [2.05, 4.69) is 63.0 Å². The third-order valence-corrected chi connectivity index (χ3v) is 3.51. The molecular weight excluding hydrogens is 236 g/mol. The summed E-state index contributed by atoms with van der Waals surface area (Å²) in [6.07, 6.45) is 0.201. The van der Waals surface area contributed by atoms with Crippen LogP contribution in [0.2, 0.25) is 0 Å². The van der Waals surface area contributed by atoms with E-state index in [-0.39, 0.29) is 11.6 Å². The van der Waals surface area contributed by atoms with Gasteiger partial charge in [-0.05, 0) is 46.8 Å². The Morgan fingerprint density at radius 3 is 2.68 bits per heavy atom. The quantitative estimate of drug-likeness (QED) is 0.906. The minimum atomic E-state index is 0.136. The van der Waals surface area contributed by atoms with Crippen LogP contribution in [-0.2, 0) is 0 Å². The Kier molecular flexibility index (Phi) is 4.04. The summed E-state index contributed by atoms with van der Waals surface area (Å²) in [5.41, 5.74) is 1.34. The predicted octanol–water partition coefficient (Wildman–Crippen LogP) is 3.05. The Bertz CT molecular complexity index is 429. The highest BCUT2D eigenvalue weighted by Gasteiger charge is 2.31. The molecule has 1 atom stereocenters. The normalized spacial score (nSPS) is 22.6. The first-order valence-corrected chi connectivity index (χ1v) is 7.16. The third-order valence-electron chi connectivity index (χ3n) is 3.51. The van der Waals surface area contributed by atoms with Crippen LogP contribution in [0.4, 0.5) is 5.69 Å². The zero-order valence-corrected chi connectivity index (χ0v) is 12.7. The highest BCUT2D eigenvalue weighted by Crippen LogP contribution is 2.32. The smallest absolute Gasteiger partial charge is 0.142 e. The number of hydrogen-bond donors (Lipinski definition) is 1. The molecule has 1 heterocycles. The van der Waals surface area contributed by atoms with Crippen molar-refractivity contribution in [3.8, 4) is 5.75 Å². The lowest BCUT2D eigenvalue weighted by Gasteiger charge is -2.45. The molecule has 1 aliphatic rings. The van der Waals surface area contributed by atoms with E-state index in [0.29, 0.717) is 6.04 Å². The second kappa shape index (κ2) is 5.41.